The van der Waals surface area contributed by atoms with E-state index in [1.807, 2.05) is 19.1 Å². The van der Waals surface area contributed by atoms with Crippen LogP contribution in [0.4, 0.5) is 0 Å². The number of aromatic nitrogens is 2. The van der Waals surface area contributed by atoms with E-state index < -0.39 is 0 Å². The molecule has 2 aromatic rings. The molecule has 0 fully saturated rings. The molecular formula is C12H15N3O2S2. The van der Waals surface area contributed by atoms with Crippen LogP contribution in [0.15, 0.2) is 12.1 Å². The fraction of sp³-hybridized carbons (Fsp3) is 0.417. The maximum Gasteiger partial charge on any atom is 0.265 e. The first-order valence-corrected chi connectivity index (χ1v) is 7.37. The summed E-state index contributed by atoms with van der Waals surface area (Å²) in [5.74, 6) is -0.150. The lowest BCUT2D eigenvalue weighted by Crippen LogP contribution is -2.28. The molecule has 2 heterocycles. The first kappa shape index (κ1) is 14.1. The number of hydrogen-bond acceptors (Lipinski definition) is 6. The molecule has 2 rings (SSSR count). The SMILES string of the molecule is COC(CNC(=O)c1snnc1C)c1ccc(C)s1. The molecule has 5 nitrogen and oxygen atoms in total. The van der Waals surface area contributed by atoms with Crippen LogP contribution >= 0.6 is 22.9 Å². The van der Waals surface area contributed by atoms with Crippen LogP contribution in [0.25, 0.3) is 0 Å². The molecule has 2 aromatic heterocycles. The van der Waals surface area contributed by atoms with Crippen LogP contribution < -0.4 is 5.32 Å². The molecule has 0 aliphatic rings. The monoisotopic (exact) mass is 297 g/mol. The Balaban J connectivity index is 1.97. The Hall–Kier alpha value is -1.31. The second kappa shape index (κ2) is 6.23. The molecule has 1 atom stereocenters. The fourth-order valence-corrected chi connectivity index (χ4v) is 3.16. The van der Waals surface area contributed by atoms with E-state index >= 15 is 0 Å². The van der Waals surface area contributed by atoms with Crippen molar-refractivity contribution in [1.29, 1.82) is 0 Å². The number of ether oxygens (including phenoxy) is 1. The van der Waals surface area contributed by atoms with Crippen molar-refractivity contribution in [2.45, 2.75) is 20.0 Å². The Labute approximate surface area is 119 Å². The van der Waals surface area contributed by atoms with Crippen LogP contribution in [0.1, 0.15) is 31.2 Å². The summed E-state index contributed by atoms with van der Waals surface area (Å²) < 4.78 is 9.17. The molecule has 1 N–H and O–H groups in total. The van der Waals surface area contributed by atoms with E-state index in [0.717, 1.165) is 16.4 Å². The molecule has 19 heavy (non-hydrogen) atoms. The van der Waals surface area contributed by atoms with Crippen LogP contribution in [-0.4, -0.2) is 29.1 Å². The lowest BCUT2D eigenvalue weighted by atomic mass is 10.2. The summed E-state index contributed by atoms with van der Waals surface area (Å²) in [5, 5.41) is 6.68. The Morgan fingerprint density at radius 2 is 2.26 bits per heavy atom. The van der Waals surface area contributed by atoms with Gasteiger partial charge in [-0.15, -0.1) is 16.4 Å². The topological polar surface area (TPSA) is 64.1 Å². The quantitative estimate of drug-likeness (QED) is 0.920. The van der Waals surface area contributed by atoms with Crippen molar-refractivity contribution in [3.8, 4) is 0 Å². The van der Waals surface area contributed by atoms with Crippen molar-refractivity contribution >= 4 is 28.8 Å². The number of nitrogens with one attached hydrogen (secondary N) is 1. The minimum Gasteiger partial charge on any atom is -0.374 e. The summed E-state index contributed by atoms with van der Waals surface area (Å²) in [6.45, 7) is 4.26. The fourth-order valence-electron chi connectivity index (χ4n) is 1.63. The number of amides is 1. The van der Waals surface area contributed by atoms with Gasteiger partial charge < -0.3 is 10.1 Å². The zero-order valence-electron chi connectivity index (χ0n) is 11.0. The smallest absolute Gasteiger partial charge is 0.265 e. The van der Waals surface area contributed by atoms with E-state index in [4.69, 9.17) is 4.74 Å². The highest BCUT2D eigenvalue weighted by atomic mass is 32.1. The molecule has 0 radical (unpaired) electrons. The van der Waals surface area contributed by atoms with Crippen molar-refractivity contribution in [2.24, 2.45) is 0 Å². The van der Waals surface area contributed by atoms with Crippen molar-refractivity contribution in [3.05, 3.63) is 32.5 Å². The number of thiophene rings is 1. The van der Waals surface area contributed by atoms with Crippen molar-refractivity contribution < 1.29 is 9.53 Å². The zero-order valence-corrected chi connectivity index (χ0v) is 12.6. The lowest BCUT2D eigenvalue weighted by molar-refractivity contribution is 0.0840. The van der Waals surface area contributed by atoms with Gasteiger partial charge >= 0.3 is 0 Å². The number of hydrogen-bond donors (Lipinski definition) is 1. The number of carbonyl (C=O) groups excluding carboxylic acids is 1. The number of nitrogens with zero attached hydrogens (tertiary/aromatic N) is 2. The summed E-state index contributed by atoms with van der Waals surface area (Å²) in [4.78, 5) is 14.8. The van der Waals surface area contributed by atoms with Crippen LogP contribution in [0, 0.1) is 13.8 Å². The van der Waals surface area contributed by atoms with E-state index in [0.29, 0.717) is 17.1 Å². The predicted molar refractivity (Wildman–Crippen MR) is 75.8 cm³/mol. The Bertz CT molecular complexity index is 565. The molecule has 0 saturated heterocycles. The zero-order chi connectivity index (χ0) is 13.8. The van der Waals surface area contributed by atoms with Gasteiger partial charge in [0, 0.05) is 23.4 Å². The van der Waals surface area contributed by atoms with E-state index in [1.54, 1.807) is 25.4 Å². The molecular weight excluding hydrogens is 282 g/mol. The van der Waals surface area contributed by atoms with Gasteiger partial charge in [-0.2, -0.15) is 0 Å². The minimum absolute atomic E-state index is 0.121. The molecule has 1 unspecified atom stereocenters. The molecule has 0 bridgehead atoms. The van der Waals surface area contributed by atoms with Gasteiger partial charge in [0.25, 0.3) is 5.91 Å². The lowest BCUT2D eigenvalue weighted by Gasteiger charge is -2.14. The molecule has 0 aliphatic carbocycles. The standard InChI is InChI=1S/C12H15N3O2S2/c1-7-4-5-10(18-7)9(17-3)6-13-12(16)11-8(2)14-15-19-11/h4-5,9H,6H2,1-3H3,(H,13,16). The third-order valence-electron chi connectivity index (χ3n) is 2.67. The predicted octanol–water partition coefficient (Wildman–Crippen LogP) is 2.33. The molecule has 102 valence electrons. The largest absolute Gasteiger partial charge is 0.374 e. The van der Waals surface area contributed by atoms with Gasteiger partial charge in [0.2, 0.25) is 0 Å². The summed E-state index contributed by atoms with van der Waals surface area (Å²) in [5.41, 5.74) is 0.656. The highest BCUT2D eigenvalue weighted by molar-refractivity contribution is 7.12. The second-order valence-electron chi connectivity index (χ2n) is 4.07. The molecule has 1 amide bonds. The van der Waals surface area contributed by atoms with E-state index in [2.05, 4.69) is 14.9 Å². The highest BCUT2D eigenvalue weighted by Gasteiger charge is 2.17. The number of aryl methyl sites for hydroxylation is 2. The molecule has 0 saturated carbocycles. The van der Waals surface area contributed by atoms with Crippen LogP contribution in [0.5, 0.6) is 0 Å². The Morgan fingerprint density at radius 3 is 2.79 bits per heavy atom. The number of methoxy groups -OCH3 is 1. The first-order valence-electron chi connectivity index (χ1n) is 5.78. The number of rotatable bonds is 5. The van der Waals surface area contributed by atoms with E-state index in [1.165, 1.54) is 4.88 Å². The normalized spacial score (nSPS) is 12.4. The first-order chi connectivity index (χ1) is 9.11. The Kier molecular flexibility index (Phi) is 4.62. The van der Waals surface area contributed by atoms with Gasteiger partial charge in [-0.25, -0.2) is 0 Å². The van der Waals surface area contributed by atoms with E-state index in [-0.39, 0.29) is 12.0 Å². The van der Waals surface area contributed by atoms with Gasteiger partial charge in [0.05, 0.1) is 5.69 Å². The highest BCUT2D eigenvalue weighted by Crippen LogP contribution is 2.24. The molecule has 7 heteroatoms. The van der Waals surface area contributed by atoms with Gasteiger partial charge in [0.15, 0.2) is 0 Å². The van der Waals surface area contributed by atoms with Gasteiger partial charge in [-0.1, -0.05) is 4.49 Å². The van der Waals surface area contributed by atoms with Gasteiger partial charge in [-0.3, -0.25) is 4.79 Å². The third-order valence-corrected chi connectivity index (χ3v) is 4.59. The second-order valence-corrected chi connectivity index (χ2v) is 6.14. The maximum absolute atomic E-state index is 12.0. The minimum atomic E-state index is -0.150. The van der Waals surface area contributed by atoms with Crippen LogP contribution in [-0.2, 0) is 4.74 Å². The summed E-state index contributed by atoms with van der Waals surface area (Å²) in [6, 6.07) is 4.07. The Morgan fingerprint density at radius 1 is 1.47 bits per heavy atom. The average molecular weight is 297 g/mol. The number of carbonyl (C=O) groups is 1. The molecule has 0 aromatic carbocycles. The molecule has 0 aliphatic heterocycles. The average Bonchev–Trinajstić information content (AvgIpc) is 2.99. The molecule has 0 spiro atoms. The van der Waals surface area contributed by atoms with Gasteiger partial charge in [-0.05, 0) is 37.5 Å². The summed E-state index contributed by atoms with van der Waals surface area (Å²) in [6.07, 6.45) is -0.121. The van der Waals surface area contributed by atoms with Crippen molar-refractivity contribution in [3.63, 3.8) is 0 Å². The van der Waals surface area contributed by atoms with Crippen molar-refractivity contribution in [1.82, 2.24) is 14.9 Å². The summed E-state index contributed by atoms with van der Waals surface area (Å²) >= 11 is 2.78. The third kappa shape index (κ3) is 3.37. The summed E-state index contributed by atoms with van der Waals surface area (Å²) in [7, 11) is 1.64. The maximum atomic E-state index is 12.0. The van der Waals surface area contributed by atoms with E-state index in [9.17, 15) is 4.79 Å². The van der Waals surface area contributed by atoms with Gasteiger partial charge in [0.1, 0.15) is 11.0 Å². The van der Waals surface area contributed by atoms with Crippen LogP contribution in [0.2, 0.25) is 0 Å². The van der Waals surface area contributed by atoms with Crippen molar-refractivity contribution in [2.75, 3.05) is 13.7 Å². The van der Waals surface area contributed by atoms with Crippen LogP contribution in [0.3, 0.4) is 0 Å².